The van der Waals surface area contributed by atoms with E-state index in [1.54, 1.807) is 11.3 Å². The molecule has 2 aromatic carbocycles. The van der Waals surface area contributed by atoms with E-state index in [1.165, 1.54) is 0 Å². The summed E-state index contributed by atoms with van der Waals surface area (Å²) in [4.78, 5) is 21.2. The van der Waals surface area contributed by atoms with Crippen molar-refractivity contribution in [1.82, 2.24) is 19.5 Å². The number of urea groups is 1. The highest BCUT2D eigenvalue weighted by molar-refractivity contribution is 7.17. The van der Waals surface area contributed by atoms with Crippen LogP contribution in [-0.4, -0.2) is 32.1 Å². The van der Waals surface area contributed by atoms with Gasteiger partial charge >= 0.3 is 6.03 Å². The van der Waals surface area contributed by atoms with Gasteiger partial charge in [-0.3, -0.25) is 0 Å². The Morgan fingerprint density at radius 2 is 2.00 bits per heavy atom. The molecule has 0 fully saturated rings. The van der Waals surface area contributed by atoms with Crippen LogP contribution in [0.5, 0.6) is 0 Å². The minimum atomic E-state index is -0.0692. The number of benzene rings is 2. The van der Waals surface area contributed by atoms with E-state index in [-0.39, 0.29) is 6.03 Å². The Kier molecular flexibility index (Phi) is 4.09. The molecule has 0 radical (unpaired) electrons. The van der Waals surface area contributed by atoms with E-state index in [1.807, 2.05) is 70.9 Å². The summed E-state index contributed by atoms with van der Waals surface area (Å²) in [5.74, 6) is 0.745. The van der Waals surface area contributed by atoms with Gasteiger partial charge < -0.3 is 10.2 Å². The van der Waals surface area contributed by atoms with Crippen LogP contribution in [0.1, 0.15) is 16.1 Å². The summed E-state index contributed by atoms with van der Waals surface area (Å²) in [5, 5.41) is 7.70. The summed E-state index contributed by atoms with van der Waals surface area (Å²) in [6, 6.07) is 17.8. The molecule has 6 nitrogen and oxygen atoms in total. The van der Waals surface area contributed by atoms with Gasteiger partial charge in [0.1, 0.15) is 0 Å². The number of hydrogen-bond donors (Lipinski definition) is 1. The highest BCUT2D eigenvalue weighted by Crippen LogP contribution is 2.29. The molecular weight excluding hydrogens is 370 g/mol. The quantitative estimate of drug-likeness (QED) is 0.554. The van der Waals surface area contributed by atoms with Gasteiger partial charge in [-0.25, -0.2) is 9.31 Å². The van der Waals surface area contributed by atoms with E-state index < -0.39 is 0 Å². The molecule has 0 aliphatic carbocycles. The van der Waals surface area contributed by atoms with Gasteiger partial charge in [-0.2, -0.15) is 4.98 Å². The van der Waals surface area contributed by atoms with Crippen LogP contribution in [0.15, 0.2) is 54.6 Å². The third kappa shape index (κ3) is 3.03. The molecule has 0 atom stereocenters. The Bertz CT molecular complexity index is 1160. The van der Waals surface area contributed by atoms with E-state index in [0.29, 0.717) is 13.1 Å². The first-order valence-electron chi connectivity index (χ1n) is 9.23. The van der Waals surface area contributed by atoms with Crippen molar-refractivity contribution < 1.29 is 4.79 Å². The molecule has 1 aliphatic rings. The molecule has 28 heavy (non-hydrogen) atoms. The number of amides is 2. The van der Waals surface area contributed by atoms with Crippen molar-refractivity contribution in [3.8, 4) is 11.4 Å². The average molecular weight is 389 g/mol. The topological polar surface area (TPSA) is 62.5 Å². The monoisotopic (exact) mass is 389 g/mol. The van der Waals surface area contributed by atoms with E-state index in [0.717, 1.165) is 44.6 Å². The molecule has 0 saturated heterocycles. The molecule has 5 rings (SSSR count). The molecule has 4 aromatic rings. The van der Waals surface area contributed by atoms with Crippen molar-refractivity contribution in [2.75, 3.05) is 11.9 Å². The minimum Gasteiger partial charge on any atom is -0.319 e. The number of thiazole rings is 1. The van der Waals surface area contributed by atoms with Crippen LogP contribution in [0.3, 0.4) is 0 Å². The second-order valence-corrected chi connectivity index (χ2v) is 8.00. The number of carbonyl (C=O) groups excluding carboxylic acids is 1. The normalized spacial score (nSPS) is 13.5. The van der Waals surface area contributed by atoms with Crippen molar-refractivity contribution in [3.63, 3.8) is 0 Å². The summed E-state index contributed by atoms with van der Waals surface area (Å²) in [7, 11) is 0. The Morgan fingerprint density at radius 1 is 1.14 bits per heavy atom. The standard InChI is InChI=1S/C21H19N5OS/c1-14-6-5-9-16(12-14)22-20(27)25-11-10-17-18(13-25)28-21-23-19(24-26(17)21)15-7-3-2-4-8-15/h2-9,12H,10-11,13H2,1H3,(H,22,27). The first kappa shape index (κ1) is 16.9. The number of nitrogens with one attached hydrogen (secondary N) is 1. The van der Waals surface area contributed by atoms with Crippen LogP contribution in [0.25, 0.3) is 16.3 Å². The van der Waals surface area contributed by atoms with E-state index in [2.05, 4.69) is 10.3 Å². The maximum atomic E-state index is 12.7. The first-order chi connectivity index (χ1) is 13.7. The van der Waals surface area contributed by atoms with E-state index in [4.69, 9.17) is 5.10 Å². The van der Waals surface area contributed by atoms with Crippen molar-refractivity contribution >= 4 is 28.0 Å². The number of anilines is 1. The highest BCUT2D eigenvalue weighted by atomic mass is 32.1. The molecule has 3 heterocycles. The summed E-state index contributed by atoms with van der Waals surface area (Å²) in [6.07, 6.45) is 0.772. The number of aryl methyl sites for hydroxylation is 1. The van der Waals surface area contributed by atoms with Crippen LogP contribution >= 0.6 is 11.3 Å². The smallest absolute Gasteiger partial charge is 0.319 e. The molecule has 0 saturated carbocycles. The van der Waals surface area contributed by atoms with Gasteiger partial charge in [-0.1, -0.05) is 53.8 Å². The Balaban J connectivity index is 1.36. The molecule has 140 valence electrons. The lowest BCUT2D eigenvalue weighted by atomic mass is 10.2. The van der Waals surface area contributed by atoms with Crippen molar-refractivity contribution in [2.24, 2.45) is 0 Å². The van der Waals surface area contributed by atoms with Gasteiger partial charge in [0.05, 0.1) is 12.2 Å². The Labute approximate surface area is 166 Å². The third-order valence-corrected chi connectivity index (χ3v) is 5.97. The lowest BCUT2D eigenvalue weighted by molar-refractivity contribution is 0.206. The number of nitrogens with zero attached hydrogens (tertiary/aromatic N) is 4. The van der Waals surface area contributed by atoms with Crippen LogP contribution in [0.4, 0.5) is 10.5 Å². The second-order valence-electron chi connectivity index (χ2n) is 6.94. The van der Waals surface area contributed by atoms with E-state index >= 15 is 0 Å². The fourth-order valence-electron chi connectivity index (χ4n) is 3.50. The van der Waals surface area contributed by atoms with Crippen LogP contribution in [0, 0.1) is 6.92 Å². The lowest BCUT2D eigenvalue weighted by Gasteiger charge is -2.26. The summed E-state index contributed by atoms with van der Waals surface area (Å²) >= 11 is 1.61. The zero-order valence-electron chi connectivity index (χ0n) is 15.4. The molecule has 2 amide bonds. The van der Waals surface area contributed by atoms with Gasteiger partial charge in [0.25, 0.3) is 0 Å². The van der Waals surface area contributed by atoms with Gasteiger partial charge in [-0.05, 0) is 24.6 Å². The Hall–Kier alpha value is -3.19. The molecule has 0 bridgehead atoms. The fourth-order valence-corrected chi connectivity index (χ4v) is 4.61. The maximum Gasteiger partial charge on any atom is 0.322 e. The number of aromatic nitrogens is 3. The Morgan fingerprint density at radius 3 is 2.82 bits per heavy atom. The minimum absolute atomic E-state index is 0.0692. The third-order valence-electron chi connectivity index (χ3n) is 4.91. The van der Waals surface area contributed by atoms with Crippen LogP contribution in [0.2, 0.25) is 0 Å². The molecule has 0 unspecified atom stereocenters. The van der Waals surface area contributed by atoms with Gasteiger partial charge in [-0.15, -0.1) is 5.10 Å². The molecule has 7 heteroatoms. The van der Waals surface area contributed by atoms with Crippen molar-refractivity contribution in [3.05, 3.63) is 70.7 Å². The summed E-state index contributed by atoms with van der Waals surface area (Å²) < 4.78 is 1.94. The van der Waals surface area contributed by atoms with Gasteiger partial charge in [0.2, 0.25) is 4.96 Å². The summed E-state index contributed by atoms with van der Waals surface area (Å²) in [6.45, 7) is 3.27. The predicted molar refractivity (Wildman–Crippen MR) is 111 cm³/mol. The SMILES string of the molecule is Cc1cccc(NC(=O)N2CCc3c(sc4nc(-c5ccccc5)nn34)C2)c1. The second kappa shape index (κ2) is 6.76. The zero-order valence-corrected chi connectivity index (χ0v) is 16.2. The van der Waals surface area contributed by atoms with Gasteiger partial charge in [0, 0.05) is 29.1 Å². The highest BCUT2D eigenvalue weighted by Gasteiger charge is 2.26. The largest absolute Gasteiger partial charge is 0.322 e. The maximum absolute atomic E-state index is 12.7. The molecule has 2 aromatic heterocycles. The number of carbonyl (C=O) groups is 1. The van der Waals surface area contributed by atoms with Crippen molar-refractivity contribution in [2.45, 2.75) is 19.9 Å². The van der Waals surface area contributed by atoms with Crippen LogP contribution < -0.4 is 5.32 Å². The number of hydrogen-bond acceptors (Lipinski definition) is 4. The van der Waals surface area contributed by atoms with Gasteiger partial charge in [0.15, 0.2) is 5.82 Å². The molecule has 1 aliphatic heterocycles. The number of fused-ring (bicyclic) bond motifs is 3. The first-order valence-corrected chi connectivity index (χ1v) is 10.0. The zero-order chi connectivity index (χ0) is 19.1. The predicted octanol–water partition coefficient (Wildman–Crippen LogP) is 4.36. The molecule has 1 N–H and O–H groups in total. The van der Waals surface area contributed by atoms with Crippen LogP contribution in [-0.2, 0) is 13.0 Å². The average Bonchev–Trinajstić information content (AvgIpc) is 3.26. The summed E-state index contributed by atoms with van der Waals surface area (Å²) in [5.41, 5.74) is 4.13. The molecule has 0 spiro atoms. The fraction of sp³-hybridized carbons (Fsp3) is 0.190. The van der Waals surface area contributed by atoms with E-state index in [9.17, 15) is 4.79 Å². The number of rotatable bonds is 2. The van der Waals surface area contributed by atoms with Crippen molar-refractivity contribution in [1.29, 1.82) is 0 Å². The lowest BCUT2D eigenvalue weighted by Crippen LogP contribution is -2.38. The molecular formula is C21H19N5OS.